The molecule has 0 aromatic heterocycles. The zero-order valence-electron chi connectivity index (χ0n) is 24.7. The standard InChI is InChI=1S/C14H10O5S.2C8H20N/c15-13(16)9-1-5-11(6-2-9)20(19)12-7-3-10(4-8-12)14(17)18;2*1-5-9(6-2,7-3)8-4/h1-8H,(H,15,16)(H,17,18);2*5-8H2,1-4H3/q;2*+1. The SMILES string of the molecule is CC[N+](CC)(CC)CC.CC[N+](CC)(CC)CC.O=C(O)c1ccc([S+]([O-])c2ccc(C(=O)O)cc2)cc1. The maximum Gasteiger partial charge on any atom is 0.335 e. The minimum absolute atomic E-state index is 0.118. The van der Waals surface area contributed by atoms with Gasteiger partial charge < -0.3 is 23.7 Å². The van der Waals surface area contributed by atoms with E-state index in [4.69, 9.17) is 10.2 Å². The second kappa shape index (κ2) is 18.0. The monoisotopic (exact) mass is 550 g/mol. The van der Waals surface area contributed by atoms with Crippen LogP contribution in [0.4, 0.5) is 0 Å². The van der Waals surface area contributed by atoms with Gasteiger partial charge in [0.25, 0.3) is 0 Å². The summed E-state index contributed by atoms with van der Waals surface area (Å²) < 4.78 is 14.8. The first-order valence-electron chi connectivity index (χ1n) is 13.8. The molecule has 0 bridgehead atoms. The van der Waals surface area contributed by atoms with Crippen molar-refractivity contribution in [3.8, 4) is 0 Å². The van der Waals surface area contributed by atoms with Gasteiger partial charge in [-0.05, 0) is 104 Å². The topological polar surface area (TPSA) is 97.7 Å². The van der Waals surface area contributed by atoms with Crippen LogP contribution < -0.4 is 0 Å². The predicted molar refractivity (Wildman–Crippen MR) is 156 cm³/mol. The molecule has 7 nitrogen and oxygen atoms in total. The molecule has 0 saturated carbocycles. The van der Waals surface area contributed by atoms with E-state index in [2.05, 4.69) is 55.4 Å². The minimum atomic E-state index is -1.48. The maximum atomic E-state index is 12.2. The Morgan fingerprint density at radius 2 is 0.763 bits per heavy atom. The van der Waals surface area contributed by atoms with Gasteiger partial charge in [0.05, 0.1) is 63.5 Å². The molecule has 0 saturated heterocycles. The second-order valence-electron chi connectivity index (χ2n) is 9.14. The van der Waals surface area contributed by atoms with Gasteiger partial charge in [0.15, 0.2) is 9.79 Å². The Bertz CT molecular complexity index is 828. The fraction of sp³-hybridized carbons (Fsp3) is 0.533. The third-order valence-corrected chi connectivity index (χ3v) is 9.40. The summed E-state index contributed by atoms with van der Waals surface area (Å²) in [5, 5.41) is 17.6. The van der Waals surface area contributed by atoms with Gasteiger partial charge in [0.2, 0.25) is 0 Å². The van der Waals surface area contributed by atoms with Gasteiger partial charge in [-0.25, -0.2) is 9.59 Å². The van der Waals surface area contributed by atoms with Crippen molar-refractivity contribution in [2.45, 2.75) is 65.2 Å². The molecule has 38 heavy (non-hydrogen) atoms. The molecular weight excluding hydrogens is 500 g/mol. The molecule has 0 amide bonds. The maximum absolute atomic E-state index is 12.2. The Kier molecular flexibility index (Phi) is 16.9. The number of nitrogens with zero attached hydrogens (tertiary/aromatic N) is 2. The van der Waals surface area contributed by atoms with Crippen LogP contribution in [-0.4, -0.2) is 88.0 Å². The smallest absolute Gasteiger partial charge is 0.335 e. The van der Waals surface area contributed by atoms with Crippen LogP contribution in [0.15, 0.2) is 58.3 Å². The van der Waals surface area contributed by atoms with Crippen molar-refractivity contribution in [3.05, 3.63) is 59.7 Å². The largest absolute Gasteiger partial charge is 0.606 e. The van der Waals surface area contributed by atoms with E-state index in [1.54, 1.807) is 0 Å². The Labute approximate surface area is 233 Å². The first-order valence-corrected chi connectivity index (χ1v) is 14.9. The van der Waals surface area contributed by atoms with Crippen molar-refractivity contribution in [2.24, 2.45) is 0 Å². The Morgan fingerprint density at radius 3 is 0.895 bits per heavy atom. The molecule has 2 aromatic carbocycles. The summed E-state index contributed by atoms with van der Waals surface area (Å²) >= 11 is -1.48. The van der Waals surface area contributed by atoms with E-state index in [0.29, 0.717) is 9.79 Å². The lowest BCUT2D eigenvalue weighted by Gasteiger charge is -2.34. The van der Waals surface area contributed by atoms with E-state index in [1.807, 2.05) is 0 Å². The first-order chi connectivity index (χ1) is 18.0. The molecule has 0 spiro atoms. The second-order valence-corrected chi connectivity index (χ2v) is 10.6. The molecular formula is C30H50N2O5S+2. The minimum Gasteiger partial charge on any atom is -0.606 e. The first kappa shape index (κ1) is 35.6. The van der Waals surface area contributed by atoms with E-state index in [1.165, 1.54) is 110 Å². The fourth-order valence-corrected chi connectivity index (χ4v) is 5.30. The van der Waals surface area contributed by atoms with Gasteiger partial charge in [0.1, 0.15) is 0 Å². The molecule has 0 radical (unpaired) electrons. The molecule has 0 unspecified atom stereocenters. The van der Waals surface area contributed by atoms with Gasteiger partial charge in [-0.2, -0.15) is 0 Å². The third kappa shape index (κ3) is 10.8. The molecule has 0 atom stereocenters. The molecule has 2 rings (SSSR count). The average molecular weight is 551 g/mol. The van der Waals surface area contributed by atoms with E-state index in [9.17, 15) is 14.1 Å². The van der Waals surface area contributed by atoms with E-state index in [-0.39, 0.29) is 11.1 Å². The van der Waals surface area contributed by atoms with Gasteiger partial charge in [-0.15, -0.1) is 0 Å². The highest BCUT2D eigenvalue weighted by Gasteiger charge is 2.18. The lowest BCUT2D eigenvalue weighted by Crippen LogP contribution is -2.47. The molecule has 0 aliphatic rings. The van der Waals surface area contributed by atoms with Crippen LogP contribution in [0.3, 0.4) is 0 Å². The van der Waals surface area contributed by atoms with Crippen molar-refractivity contribution in [3.63, 3.8) is 0 Å². The van der Waals surface area contributed by atoms with Gasteiger partial charge in [-0.1, -0.05) is 0 Å². The van der Waals surface area contributed by atoms with Crippen molar-refractivity contribution in [2.75, 3.05) is 52.4 Å². The number of quaternary nitrogens is 2. The molecule has 0 fully saturated rings. The molecule has 2 N–H and O–H groups in total. The molecule has 8 heteroatoms. The van der Waals surface area contributed by atoms with Crippen molar-refractivity contribution in [1.82, 2.24) is 0 Å². The summed E-state index contributed by atoms with van der Waals surface area (Å²) in [7, 11) is 0. The Morgan fingerprint density at radius 1 is 0.553 bits per heavy atom. The fourth-order valence-electron chi connectivity index (χ4n) is 4.26. The normalized spacial score (nSPS) is 11.2. The number of rotatable bonds is 12. The Balaban J connectivity index is 0.000000636. The van der Waals surface area contributed by atoms with Gasteiger partial charge >= 0.3 is 11.9 Å². The predicted octanol–water partition coefficient (Wildman–Crippen LogP) is 6.02. The van der Waals surface area contributed by atoms with Crippen LogP contribution in [0, 0.1) is 0 Å². The summed E-state index contributed by atoms with van der Waals surface area (Å²) in [5.41, 5.74) is 0.235. The van der Waals surface area contributed by atoms with Crippen LogP contribution in [-0.2, 0) is 11.2 Å². The third-order valence-electron chi connectivity index (χ3n) is 8.00. The Hall–Kier alpha value is -2.39. The molecule has 214 valence electrons. The van der Waals surface area contributed by atoms with Crippen LogP contribution >= 0.6 is 0 Å². The van der Waals surface area contributed by atoms with Crippen molar-refractivity contribution < 1.29 is 33.3 Å². The van der Waals surface area contributed by atoms with E-state index < -0.39 is 23.1 Å². The summed E-state index contributed by atoms with van der Waals surface area (Å²) in [6, 6.07) is 11.4. The lowest BCUT2D eigenvalue weighted by molar-refractivity contribution is -0.921. The summed E-state index contributed by atoms with van der Waals surface area (Å²) in [6.07, 6.45) is 0. The lowest BCUT2D eigenvalue weighted by atomic mass is 10.2. The molecule has 0 heterocycles. The average Bonchev–Trinajstić information content (AvgIpc) is 2.96. The van der Waals surface area contributed by atoms with Gasteiger partial charge in [0, 0.05) is 11.2 Å². The number of hydrogen-bond acceptors (Lipinski definition) is 3. The quantitative estimate of drug-likeness (QED) is 0.249. The van der Waals surface area contributed by atoms with Gasteiger partial charge in [-0.3, -0.25) is 0 Å². The van der Waals surface area contributed by atoms with E-state index in [0.717, 1.165) is 0 Å². The number of benzene rings is 2. The number of carbonyl (C=O) groups is 2. The number of carboxylic acids is 2. The molecule has 0 aliphatic heterocycles. The van der Waals surface area contributed by atoms with Crippen molar-refractivity contribution in [1.29, 1.82) is 0 Å². The van der Waals surface area contributed by atoms with Crippen LogP contribution in [0.25, 0.3) is 0 Å². The van der Waals surface area contributed by atoms with Crippen LogP contribution in [0.5, 0.6) is 0 Å². The number of hydrogen-bond donors (Lipinski definition) is 2. The molecule has 0 aliphatic carbocycles. The highest BCUT2D eigenvalue weighted by molar-refractivity contribution is 7.91. The summed E-state index contributed by atoms with van der Waals surface area (Å²) in [4.78, 5) is 22.4. The van der Waals surface area contributed by atoms with E-state index >= 15 is 0 Å². The number of aromatic carboxylic acids is 2. The highest BCUT2D eigenvalue weighted by Crippen LogP contribution is 2.21. The van der Waals surface area contributed by atoms with Crippen molar-refractivity contribution >= 4 is 23.1 Å². The zero-order chi connectivity index (χ0) is 29.4. The summed E-state index contributed by atoms with van der Waals surface area (Å²) in [6.45, 7) is 28.4. The molecule has 2 aromatic rings. The highest BCUT2D eigenvalue weighted by atomic mass is 32.2. The zero-order valence-corrected chi connectivity index (χ0v) is 25.5. The van der Waals surface area contributed by atoms with Crippen LogP contribution in [0.2, 0.25) is 0 Å². The van der Waals surface area contributed by atoms with Crippen LogP contribution in [0.1, 0.15) is 76.1 Å². The summed E-state index contributed by atoms with van der Waals surface area (Å²) in [5.74, 6) is -2.10. The number of carboxylic acid groups (broad SMARTS) is 2.